The highest BCUT2D eigenvalue weighted by Gasteiger charge is 2.32. The number of aryl methyl sites for hydroxylation is 1. The van der Waals surface area contributed by atoms with Gasteiger partial charge in [-0.1, -0.05) is 0 Å². The molecule has 1 aliphatic heterocycles. The third kappa shape index (κ3) is 3.23. The SMILES string of the molecule is Cc1ccoc1C(=O)N1CCn2c(CCOCC3CC3)cnc2[C@@H]1C. The van der Waals surface area contributed by atoms with Crippen molar-refractivity contribution in [2.45, 2.75) is 45.7 Å². The highest BCUT2D eigenvalue weighted by molar-refractivity contribution is 5.93. The van der Waals surface area contributed by atoms with E-state index >= 15 is 0 Å². The van der Waals surface area contributed by atoms with Gasteiger partial charge in [0.15, 0.2) is 5.76 Å². The maximum Gasteiger partial charge on any atom is 0.290 e. The lowest BCUT2D eigenvalue weighted by atomic mass is 10.1. The first-order valence-corrected chi connectivity index (χ1v) is 9.12. The van der Waals surface area contributed by atoms with E-state index in [-0.39, 0.29) is 11.9 Å². The summed E-state index contributed by atoms with van der Waals surface area (Å²) in [6.45, 7) is 6.99. The summed E-state index contributed by atoms with van der Waals surface area (Å²) in [6.07, 6.45) is 7.01. The molecule has 1 fully saturated rings. The Kier molecular flexibility index (Phi) is 4.37. The number of amides is 1. The number of aromatic nitrogens is 2. The lowest BCUT2D eigenvalue weighted by molar-refractivity contribution is 0.0601. The van der Waals surface area contributed by atoms with E-state index in [1.54, 1.807) is 6.26 Å². The molecule has 6 nitrogen and oxygen atoms in total. The van der Waals surface area contributed by atoms with Crippen LogP contribution < -0.4 is 0 Å². The molecule has 0 saturated heterocycles. The first kappa shape index (κ1) is 16.4. The summed E-state index contributed by atoms with van der Waals surface area (Å²) in [5.41, 5.74) is 2.07. The van der Waals surface area contributed by atoms with Crippen molar-refractivity contribution in [3.63, 3.8) is 0 Å². The standard InChI is InChI=1S/C19H25N3O3/c1-13-5-10-25-17(13)19(23)21-7-8-22-16(11-20-18(22)14(21)2)6-9-24-12-15-3-4-15/h5,10-11,14-15H,3-4,6-9,12H2,1-2H3/t14-/m0/s1. The summed E-state index contributed by atoms with van der Waals surface area (Å²) >= 11 is 0. The third-order valence-corrected chi connectivity index (χ3v) is 5.24. The zero-order chi connectivity index (χ0) is 17.4. The average molecular weight is 343 g/mol. The van der Waals surface area contributed by atoms with Gasteiger partial charge in [0.2, 0.25) is 0 Å². The van der Waals surface area contributed by atoms with Gasteiger partial charge in [0.25, 0.3) is 5.91 Å². The largest absolute Gasteiger partial charge is 0.459 e. The minimum atomic E-state index is -0.0631. The van der Waals surface area contributed by atoms with Crippen molar-refractivity contribution in [2.75, 3.05) is 19.8 Å². The molecule has 3 heterocycles. The van der Waals surface area contributed by atoms with Crippen LogP contribution in [-0.4, -0.2) is 40.1 Å². The monoisotopic (exact) mass is 343 g/mol. The molecule has 2 aromatic rings. The molecule has 0 unspecified atom stereocenters. The second-order valence-corrected chi connectivity index (χ2v) is 7.13. The molecule has 1 saturated carbocycles. The molecule has 0 bridgehead atoms. The predicted molar refractivity (Wildman–Crippen MR) is 92.4 cm³/mol. The molecule has 1 atom stereocenters. The van der Waals surface area contributed by atoms with Crippen molar-refractivity contribution in [3.8, 4) is 0 Å². The number of hydrogen-bond donors (Lipinski definition) is 0. The Morgan fingerprint density at radius 3 is 2.96 bits per heavy atom. The van der Waals surface area contributed by atoms with Gasteiger partial charge in [-0.2, -0.15) is 0 Å². The minimum Gasteiger partial charge on any atom is -0.459 e. The smallest absolute Gasteiger partial charge is 0.290 e. The number of fused-ring (bicyclic) bond motifs is 1. The Hall–Kier alpha value is -2.08. The van der Waals surface area contributed by atoms with Crippen LogP contribution in [0.15, 0.2) is 22.9 Å². The molecule has 0 radical (unpaired) electrons. The Bertz CT molecular complexity index is 760. The fourth-order valence-electron chi connectivity index (χ4n) is 3.47. The van der Waals surface area contributed by atoms with Crippen molar-refractivity contribution in [2.24, 2.45) is 5.92 Å². The average Bonchev–Trinajstić information content (AvgIpc) is 3.18. The van der Waals surface area contributed by atoms with Gasteiger partial charge in [-0.15, -0.1) is 0 Å². The number of ether oxygens (including phenoxy) is 1. The molecule has 134 valence electrons. The number of carbonyl (C=O) groups is 1. The lowest BCUT2D eigenvalue weighted by Crippen LogP contribution is -2.41. The summed E-state index contributed by atoms with van der Waals surface area (Å²) in [6, 6.07) is 1.76. The fourth-order valence-corrected chi connectivity index (χ4v) is 3.47. The third-order valence-electron chi connectivity index (χ3n) is 5.24. The van der Waals surface area contributed by atoms with E-state index in [9.17, 15) is 4.79 Å². The second-order valence-electron chi connectivity index (χ2n) is 7.13. The van der Waals surface area contributed by atoms with Gasteiger partial charge >= 0.3 is 0 Å². The molecule has 2 aliphatic rings. The van der Waals surface area contributed by atoms with E-state index in [1.165, 1.54) is 18.5 Å². The molecule has 0 N–H and O–H groups in total. The molecule has 4 rings (SSSR count). The molecule has 1 aliphatic carbocycles. The maximum atomic E-state index is 12.8. The van der Waals surface area contributed by atoms with Crippen LogP contribution in [0.3, 0.4) is 0 Å². The van der Waals surface area contributed by atoms with E-state index in [2.05, 4.69) is 9.55 Å². The molecule has 2 aromatic heterocycles. The first-order chi connectivity index (χ1) is 12.1. The van der Waals surface area contributed by atoms with Crippen LogP contribution in [0.2, 0.25) is 0 Å². The van der Waals surface area contributed by atoms with E-state index in [1.807, 2.05) is 31.0 Å². The summed E-state index contributed by atoms with van der Waals surface area (Å²) < 4.78 is 13.4. The quantitative estimate of drug-likeness (QED) is 0.757. The molecular weight excluding hydrogens is 318 g/mol. The summed E-state index contributed by atoms with van der Waals surface area (Å²) in [7, 11) is 0. The summed E-state index contributed by atoms with van der Waals surface area (Å²) in [5, 5.41) is 0. The summed E-state index contributed by atoms with van der Waals surface area (Å²) in [4.78, 5) is 19.2. The Balaban J connectivity index is 1.43. The van der Waals surface area contributed by atoms with Crippen LogP contribution in [0.5, 0.6) is 0 Å². The van der Waals surface area contributed by atoms with E-state index in [0.717, 1.165) is 43.5 Å². The highest BCUT2D eigenvalue weighted by atomic mass is 16.5. The van der Waals surface area contributed by atoms with Crippen molar-refractivity contribution in [1.29, 1.82) is 0 Å². The van der Waals surface area contributed by atoms with Gasteiger partial charge in [-0.25, -0.2) is 4.98 Å². The van der Waals surface area contributed by atoms with Crippen LogP contribution in [0.4, 0.5) is 0 Å². The van der Waals surface area contributed by atoms with Crippen molar-refractivity contribution in [1.82, 2.24) is 14.5 Å². The molecule has 0 spiro atoms. The number of carbonyl (C=O) groups excluding carboxylic acids is 1. The van der Waals surface area contributed by atoms with Crippen molar-refractivity contribution < 1.29 is 13.9 Å². The van der Waals surface area contributed by atoms with Crippen LogP contribution in [0, 0.1) is 12.8 Å². The van der Waals surface area contributed by atoms with Gasteiger partial charge < -0.3 is 18.6 Å². The van der Waals surface area contributed by atoms with Crippen LogP contribution in [0.25, 0.3) is 0 Å². The normalized spacial score (nSPS) is 19.9. The van der Waals surface area contributed by atoms with Crippen LogP contribution in [-0.2, 0) is 17.7 Å². The van der Waals surface area contributed by atoms with Crippen molar-refractivity contribution >= 4 is 5.91 Å². The molecule has 6 heteroatoms. The Morgan fingerprint density at radius 2 is 2.24 bits per heavy atom. The Labute approximate surface area is 147 Å². The number of imidazole rings is 1. The van der Waals surface area contributed by atoms with Crippen LogP contribution in [0.1, 0.15) is 53.4 Å². The molecular formula is C19H25N3O3. The zero-order valence-corrected chi connectivity index (χ0v) is 14.9. The van der Waals surface area contributed by atoms with Gasteiger partial charge in [-0.3, -0.25) is 4.79 Å². The summed E-state index contributed by atoms with van der Waals surface area (Å²) in [5.74, 6) is 2.11. The topological polar surface area (TPSA) is 60.5 Å². The number of nitrogens with zero attached hydrogens (tertiary/aromatic N) is 3. The maximum absolute atomic E-state index is 12.8. The van der Waals surface area contributed by atoms with Crippen molar-refractivity contribution in [3.05, 3.63) is 41.4 Å². The molecule has 0 aromatic carbocycles. The Morgan fingerprint density at radius 1 is 1.40 bits per heavy atom. The minimum absolute atomic E-state index is 0.0569. The predicted octanol–water partition coefficient (Wildman–Crippen LogP) is 2.97. The van der Waals surface area contributed by atoms with Gasteiger partial charge in [0, 0.05) is 43.6 Å². The number of furan rings is 1. The fraction of sp³-hybridized carbons (Fsp3) is 0.579. The van der Waals surface area contributed by atoms with Gasteiger partial charge in [-0.05, 0) is 38.7 Å². The van der Waals surface area contributed by atoms with Gasteiger partial charge in [0.1, 0.15) is 5.82 Å². The van der Waals surface area contributed by atoms with Crippen LogP contribution >= 0.6 is 0 Å². The van der Waals surface area contributed by atoms with E-state index in [4.69, 9.17) is 9.15 Å². The first-order valence-electron chi connectivity index (χ1n) is 9.12. The van der Waals surface area contributed by atoms with Gasteiger partial charge in [0.05, 0.1) is 18.9 Å². The zero-order valence-electron chi connectivity index (χ0n) is 14.9. The second kappa shape index (κ2) is 6.67. The molecule has 25 heavy (non-hydrogen) atoms. The van der Waals surface area contributed by atoms with E-state index < -0.39 is 0 Å². The number of rotatable bonds is 6. The van der Waals surface area contributed by atoms with E-state index in [0.29, 0.717) is 12.3 Å². The lowest BCUT2D eigenvalue weighted by Gasteiger charge is -2.34. The highest BCUT2D eigenvalue weighted by Crippen LogP contribution is 2.29. The molecule has 1 amide bonds. The number of hydrogen-bond acceptors (Lipinski definition) is 4.